The largest absolute Gasteiger partial charge is 0.496 e. The third-order valence-corrected chi connectivity index (χ3v) is 4.49. The van der Waals surface area contributed by atoms with Crippen molar-refractivity contribution < 1.29 is 14.3 Å². The van der Waals surface area contributed by atoms with Gasteiger partial charge in [0.2, 0.25) is 5.90 Å². The van der Waals surface area contributed by atoms with Crippen LogP contribution in [0.4, 0.5) is 0 Å². The summed E-state index contributed by atoms with van der Waals surface area (Å²) in [5, 5.41) is 2.92. The number of amides is 1. The topological polar surface area (TPSA) is 72.8 Å². The lowest BCUT2D eigenvalue weighted by atomic mass is 10.0. The fraction of sp³-hybridized carbons (Fsp3) is 0.190. The van der Waals surface area contributed by atoms with Crippen LogP contribution in [0.5, 0.6) is 5.75 Å². The maximum Gasteiger partial charge on any atom is 0.259 e. The summed E-state index contributed by atoms with van der Waals surface area (Å²) in [6, 6.07) is 9.06. The van der Waals surface area contributed by atoms with Gasteiger partial charge >= 0.3 is 0 Å². The third kappa shape index (κ3) is 3.33. The number of benzene rings is 1. The molecule has 2 aliphatic rings. The zero-order chi connectivity index (χ0) is 18.8. The minimum atomic E-state index is -0.222. The summed E-state index contributed by atoms with van der Waals surface area (Å²) in [6.07, 6.45) is 8.89. The van der Waals surface area contributed by atoms with Crippen LogP contribution >= 0.6 is 0 Å². The fourth-order valence-corrected chi connectivity index (χ4v) is 3.18. The number of allylic oxidation sites excluding steroid dienone is 1. The predicted octanol–water partition coefficient (Wildman–Crippen LogP) is 2.80. The maximum absolute atomic E-state index is 12.7. The third-order valence-electron chi connectivity index (χ3n) is 4.49. The molecule has 6 heteroatoms. The van der Waals surface area contributed by atoms with Crippen molar-refractivity contribution in [3.05, 3.63) is 83.3 Å². The Morgan fingerprint density at radius 2 is 2.15 bits per heavy atom. The van der Waals surface area contributed by atoms with Gasteiger partial charge in [-0.1, -0.05) is 12.1 Å². The van der Waals surface area contributed by atoms with Crippen molar-refractivity contribution >= 4 is 11.8 Å². The number of carbonyl (C=O) groups excluding carboxylic acids is 1. The van der Waals surface area contributed by atoms with E-state index in [4.69, 9.17) is 9.47 Å². The summed E-state index contributed by atoms with van der Waals surface area (Å²) in [5.41, 5.74) is 2.93. The highest BCUT2D eigenvalue weighted by Gasteiger charge is 2.31. The number of ether oxygens (including phenoxy) is 2. The van der Waals surface area contributed by atoms with Crippen molar-refractivity contribution in [3.8, 4) is 5.75 Å². The molecular formula is C21H19N3O3. The molecule has 136 valence electrons. The number of fused-ring (bicyclic) bond motifs is 1. The van der Waals surface area contributed by atoms with Gasteiger partial charge in [-0.05, 0) is 48.9 Å². The molecule has 1 aliphatic carbocycles. The molecule has 0 unspecified atom stereocenters. The van der Waals surface area contributed by atoms with E-state index in [2.05, 4.69) is 15.3 Å². The Bertz CT molecular complexity index is 964. The molecule has 2 atom stereocenters. The Labute approximate surface area is 157 Å². The summed E-state index contributed by atoms with van der Waals surface area (Å²) in [6.45, 7) is 1.91. The van der Waals surface area contributed by atoms with E-state index in [0.29, 0.717) is 22.9 Å². The van der Waals surface area contributed by atoms with E-state index in [0.717, 1.165) is 11.1 Å². The van der Waals surface area contributed by atoms with Gasteiger partial charge in [-0.15, -0.1) is 0 Å². The second kappa shape index (κ2) is 7.07. The van der Waals surface area contributed by atoms with Crippen molar-refractivity contribution in [2.24, 2.45) is 4.99 Å². The molecule has 27 heavy (non-hydrogen) atoms. The van der Waals surface area contributed by atoms with Crippen LogP contribution in [0.3, 0.4) is 0 Å². The van der Waals surface area contributed by atoms with Gasteiger partial charge in [-0.2, -0.15) is 0 Å². The molecular weight excluding hydrogens is 342 g/mol. The van der Waals surface area contributed by atoms with Crippen LogP contribution in [0.15, 0.2) is 71.6 Å². The number of aliphatic imine (C=N–C) groups is 1. The van der Waals surface area contributed by atoms with Gasteiger partial charge in [0.15, 0.2) is 0 Å². The van der Waals surface area contributed by atoms with E-state index >= 15 is 0 Å². The predicted molar refractivity (Wildman–Crippen MR) is 102 cm³/mol. The molecule has 6 nitrogen and oxygen atoms in total. The number of methoxy groups -OCH3 is 1. The molecule has 2 aromatic rings. The van der Waals surface area contributed by atoms with E-state index in [9.17, 15) is 4.79 Å². The number of para-hydroxylation sites is 1. The Morgan fingerprint density at radius 3 is 2.93 bits per heavy atom. The summed E-state index contributed by atoms with van der Waals surface area (Å²) in [7, 11) is 1.56. The number of hydrogen-bond donors (Lipinski definition) is 1. The second-order valence-electron chi connectivity index (χ2n) is 6.34. The number of aryl methyl sites for hydroxylation is 1. The molecule has 0 saturated heterocycles. The number of rotatable bonds is 4. The van der Waals surface area contributed by atoms with Gasteiger partial charge in [0, 0.05) is 18.1 Å². The lowest BCUT2D eigenvalue weighted by Gasteiger charge is -2.18. The van der Waals surface area contributed by atoms with Crippen LogP contribution in [0.1, 0.15) is 21.5 Å². The average Bonchev–Trinajstić information content (AvgIpc) is 3.12. The first-order valence-electron chi connectivity index (χ1n) is 8.65. The Kier molecular flexibility index (Phi) is 4.46. The Morgan fingerprint density at radius 1 is 1.26 bits per heavy atom. The fourth-order valence-electron chi connectivity index (χ4n) is 3.18. The first kappa shape index (κ1) is 17.0. The number of aromatic nitrogens is 1. The zero-order valence-corrected chi connectivity index (χ0v) is 15.0. The number of nitrogens with one attached hydrogen (secondary N) is 1. The number of pyridine rings is 1. The molecule has 1 aromatic heterocycles. The van der Waals surface area contributed by atoms with Crippen molar-refractivity contribution in [2.45, 2.75) is 19.1 Å². The highest BCUT2D eigenvalue weighted by atomic mass is 16.5. The summed E-state index contributed by atoms with van der Waals surface area (Å²) in [5.74, 6) is 0.918. The molecule has 1 amide bonds. The van der Waals surface area contributed by atoms with Gasteiger partial charge in [0.25, 0.3) is 5.91 Å². The Balaban J connectivity index is 1.53. The molecule has 1 aliphatic heterocycles. The van der Waals surface area contributed by atoms with Crippen LogP contribution in [0, 0.1) is 6.92 Å². The minimum absolute atomic E-state index is 0.172. The SMILES string of the molecule is COc1c(C)cccc1C(=O)NC1=C[C@@H]2N=C(c3cccnc3)O[C@@H]2C=C1. The van der Waals surface area contributed by atoms with Gasteiger partial charge in [0.1, 0.15) is 17.9 Å². The Hall–Kier alpha value is -3.41. The van der Waals surface area contributed by atoms with Crippen molar-refractivity contribution in [1.29, 1.82) is 0 Å². The van der Waals surface area contributed by atoms with Crippen LogP contribution in [0.2, 0.25) is 0 Å². The van der Waals surface area contributed by atoms with Crippen LogP contribution in [0.25, 0.3) is 0 Å². The van der Waals surface area contributed by atoms with E-state index in [1.54, 1.807) is 25.6 Å². The average molecular weight is 361 g/mol. The molecule has 2 heterocycles. The molecule has 0 saturated carbocycles. The van der Waals surface area contributed by atoms with E-state index in [-0.39, 0.29) is 18.1 Å². The molecule has 0 radical (unpaired) electrons. The molecule has 0 spiro atoms. The first-order chi connectivity index (χ1) is 13.2. The van der Waals surface area contributed by atoms with Crippen LogP contribution < -0.4 is 10.1 Å². The second-order valence-corrected chi connectivity index (χ2v) is 6.34. The molecule has 1 aromatic carbocycles. The minimum Gasteiger partial charge on any atom is -0.496 e. The van der Waals surface area contributed by atoms with Crippen LogP contribution in [-0.2, 0) is 4.74 Å². The number of hydrogen-bond acceptors (Lipinski definition) is 5. The zero-order valence-electron chi connectivity index (χ0n) is 15.0. The first-order valence-corrected chi connectivity index (χ1v) is 8.65. The number of nitrogens with zero attached hydrogens (tertiary/aromatic N) is 2. The van der Waals surface area contributed by atoms with E-state index in [1.807, 2.05) is 49.4 Å². The molecule has 1 N–H and O–H groups in total. The quantitative estimate of drug-likeness (QED) is 0.909. The standard InChI is InChI=1S/C21H19N3O3/c1-13-5-3-7-16(19(13)26-2)20(25)23-15-8-9-18-17(11-15)24-21(27-18)14-6-4-10-22-12-14/h3-12,17-18H,1-2H3,(H,23,25)/t17-,18+/m0/s1. The van der Waals surface area contributed by atoms with Crippen molar-refractivity contribution in [1.82, 2.24) is 10.3 Å². The van der Waals surface area contributed by atoms with Gasteiger partial charge in [-0.3, -0.25) is 9.78 Å². The molecule has 0 fully saturated rings. The van der Waals surface area contributed by atoms with Gasteiger partial charge in [-0.25, -0.2) is 4.99 Å². The monoisotopic (exact) mass is 361 g/mol. The lowest BCUT2D eigenvalue weighted by molar-refractivity contribution is 0.0963. The van der Waals surface area contributed by atoms with Gasteiger partial charge in [0.05, 0.1) is 18.2 Å². The van der Waals surface area contributed by atoms with Gasteiger partial charge < -0.3 is 14.8 Å². The normalized spacial score (nSPS) is 20.2. The van der Waals surface area contributed by atoms with E-state index < -0.39 is 0 Å². The highest BCUT2D eigenvalue weighted by Crippen LogP contribution is 2.26. The summed E-state index contributed by atoms with van der Waals surface area (Å²) >= 11 is 0. The summed E-state index contributed by atoms with van der Waals surface area (Å²) < 4.78 is 11.3. The maximum atomic E-state index is 12.7. The summed E-state index contributed by atoms with van der Waals surface area (Å²) in [4.78, 5) is 21.4. The molecule has 0 bridgehead atoms. The molecule has 4 rings (SSSR count). The van der Waals surface area contributed by atoms with Crippen LogP contribution in [-0.4, -0.2) is 36.0 Å². The lowest BCUT2D eigenvalue weighted by Crippen LogP contribution is -2.28. The smallest absolute Gasteiger partial charge is 0.259 e. The number of carbonyl (C=O) groups is 1. The highest BCUT2D eigenvalue weighted by molar-refractivity contribution is 5.99. The van der Waals surface area contributed by atoms with Crippen molar-refractivity contribution in [3.63, 3.8) is 0 Å². The van der Waals surface area contributed by atoms with Crippen molar-refractivity contribution in [2.75, 3.05) is 7.11 Å². The van der Waals surface area contributed by atoms with E-state index in [1.165, 1.54) is 0 Å².